The fourth-order valence-electron chi connectivity index (χ4n) is 3.98. The van der Waals surface area contributed by atoms with Gasteiger partial charge in [-0.2, -0.15) is 0 Å². The largest absolute Gasteiger partial charge is 0.392 e. The SMILES string of the molecule is Cc1nnc(SC[C@@H]2C[C@H](c3ccc(CO)cc3)O[C@H](c3cccc(NC(=O)CCCC(=O)NO)c3)O2)s1. The normalized spacial score (nSPS) is 19.2. The van der Waals surface area contributed by atoms with E-state index in [1.165, 1.54) is 0 Å². The zero-order valence-electron chi connectivity index (χ0n) is 20.8. The summed E-state index contributed by atoms with van der Waals surface area (Å²) in [6, 6.07) is 15.0. The van der Waals surface area contributed by atoms with Crippen molar-refractivity contribution >= 4 is 40.6 Å². The van der Waals surface area contributed by atoms with E-state index in [1.54, 1.807) is 34.6 Å². The van der Waals surface area contributed by atoms with Crippen molar-refractivity contribution in [2.45, 2.75) is 62.1 Å². The van der Waals surface area contributed by atoms with E-state index >= 15 is 0 Å². The van der Waals surface area contributed by atoms with Crippen LogP contribution in [0.5, 0.6) is 0 Å². The van der Waals surface area contributed by atoms with Crippen molar-refractivity contribution < 1.29 is 29.4 Å². The molecule has 0 aliphatic carbocycles. The van der Waals surface area contributed by atoms with Crippen LogP contribution in [0, 0.1) is 6.92 Å². The van der Waals surface area contributed by atoms with Crippen molar-refractivity contribution in [3.63, 3.8) is 0 Å². The minimum atomic E-state index is -0.655. The van der Waals surface area contributed by atoms with Crippen LogP contribution in [0.4, 0.5) is 5.69 Å². The number of hydrogen-bond acceptors (Lipinski definition) is 10. The first-order valence-corrected chi connectivity index (χ1v) is 14.0. The second kappa shape index (κ2) is 13.8. The van der Waals surface area contributed by atoms with Crippen LogP contribution >= 0.6 is 23.1 Å². The predicted molar refractivity (Wildman–Crippen MR) is 143 cm³/mol. The van der Waals surface area contributed by atoms with E-state index in [-0.39, 0.29) is 37.6 Å². The molecule has 1 aromatic heterocycles. The molecule has 0 unspecified atom stereocenters. The third-order valence-corrected chi connectivity index (χ3v) is 7.99. The van der Waals surface area contributed by atoms with Gasteiger partial charge in [0.15, 0.2) is 10.6 Å². The number of aliphatic hydroxyl groups is 1. The molecule has 12 heteroatoms. The lowest BCUT2D eigenvalue weighted by Crippen LogP contribution is -2.31. The number of thioether (sulfide) groups is 1. The molecular formula is C26H30N4O6S2. The molecule has 4 N–H and O–H groups in total. The van der Waals surface area contributed by atoms with Gasteiger partial charge in [-0.25, -0.2) is 5.48 Å². The number of amides is 2. The molecule has 4 rings (SSSR count). The average molecular weight is 559 g/mol. The Morgan fingerprint density at radius 3 is 2.58 bits per heavy atom. The highest BCUT2D eigenvalue weighted by molar-refractivity contribution is 8.01. The first kappa shape index (κ1) is 28.1. The molecule has 2 amide bonds. The number of hydrogen-bond donors (Lipinski definition) is 4. The van der Waals surface area contributed by atoms with E-state index in [0.717, 1.165) is 26.0 Å². The molecule has 3 atom stereocenters. The number of hydroxylamine groups is 1. The number of rotatable bonds is 11. The maximum atomic E-state index is 12.3. The van der Waals surface area contributed by atoms with Crippen LogP contribution in [0.3, 0.4) is 0 Å². The second-order valence-electron chi connectivity index (χ2n) is 8.81. The summed E-state index contributed by atoms with van der Waals surface area (Å²) in [7, 11) is 0. The van der Waals surface area contributed by atoms with E-state index in [0.29, 0.717) is 24.3 Å². The predicted octanol–water partition coefficient (Wildman–Crippen LogP) is 4.29. The maximum Gasteiger partial charge on any atom is 0.243 e. The van der Waals surface area contributed by atoms with E-state index < -0.39 is 12.2 Å². The van der Waals surface area contributed by atoms with E-state index in [1.807, 2.05) is 49.4 Å². The fourth-order valence-corrected chi connectivity index (χ4v) is 5.83. The Hall–Kier alpha value is -2.87. The second-order valence-corrected chi connectivity index (χ2v) is 11.3. The minimum absolute atomic E-state index is 0.0226. The summed E-state index contributed by atoms with van der Waals surface area (Å²) >= 11 is 3.15. The van der Waals surface area contributed by atoms with Gasteiger partial charge in [0.2, 0.25) is 11.8 Å². The third kappa shape index (κ3) is 8.06. The van der Waals surface area contributed by atoms with Crippen LogP contribution in [0.15, 0.2) is 52.9 Å². The average Bonchev–Trinajstić information content (AvgIpc) is 3.36. The van der Waals surface area contributed by atoms with E-state index in [9.17, 15) is 14.7 Å². The molecule has 0 spiro atoms. The monoisotopic (exact) mass is 558 g/mol. The molecule has 10 nitrogen and oxygen atoms in total. The molecule has 0 radical (unpaired) electrons. The molecule has 3 aromatic rings. The van der Waals surface area contributed by atoms with Crippen molar-refractivity contribution in [3.8, 4) is 0 Å². The summed E-state index contributed by atoms with van der Waals surface area (Å²) in [5.41, 5.74) is 4.74. The number of aryl methyl sites for hydroxylation is 1. The fraction of sp³-hybridized carbons (Fsp3) is 0.385. The van der Waals surface area contributed by atoms with Crippen LogP contribution < -0.4 is 10.8 Å². The lowest BCUT2D eigenvalue weighted by atomic mass is 10.0. The summed E-state index contributed by atoms with van der Waals surface area (Å²) in [4.78, 5) is 23.5. The van der Waals surface area contributed by atoms with Crippen molar-refractivity contribution in [2.75, 3.05) is 11.1 Å². The van der Waals surface area contributed by atoms with Crippen LogP contribution in [-0.2, 0) is 25.7 Å². The highest BCUT2D eigenvalue weighted by Crippen LogP contribution is 2.40. The number of anilines is 1. The number of aliphatic hydroxyl groups excluding tert-OH is 1. The Labute approximate surface area is 228 Å². The zero-order chi connectivity index (χ0) is 26.9. The van der Waals surface area contributed by atoms with Crippen molar-refractivity contribution in [2.24, 2.45) is 0 Å². The Kier molecular flexibility index (Phi) is 10.2. The lowest BCUT2D eigenvalue weighted by molar-refractivity contribution is -0.245. The molecule has 2 aromatic carbocycles. The Bertz CT molecular complexity index is 1220. The van der Waals surface area contributed by atoms with Gasteiger partial charge >= 0.3 is 0 Å². The molecule has 0 bridgehead atoms. The van der Waals surface area contributed by atoms with Crippen LogP contribution in [-0.4, -0.2) is 44.2 Å². The molecular weight excluding hydrogens is 528 g/mol. The summed E-state index contributed by atoms with van der Waals surface area (Å²) in [6.07, 6.45) is 0.169. The van der Waals surface area contributed by atoms with Crippen LogP contribution in [0.1, 0.15) is 59.8 Å². The maximum absolute atomic E-state index is 12.3. The Balaban J connectivity index is 1.46. The molecule has 1 aliphatic rings. The van der Waals surface area contributed by atoms with Gasteiger partial charge < -0.3 is 19.9 Å². The number of benzene rings is 2. The summed E-state index contributed by atoms with van der Waals surface area (Å²) in [5.74, 6) is -0.0832. The lowest BCUT2D eigenvalue weighted by Gasteiger charge is -2.36. The van der Waals surface area contributed by atoms with Gasteiger partial charge in [0.25, 0.3) is 0 Å². The van der Waals surface area contributed by atoms with Crippen molar-refractivity contribution in [3.05, 3.63) is 70.2 Å². The van der Waals surface area contributed by atoms with Crippen molar-refractivity contribution in [1.29, 1.82) is 0 Å². The Morgan fingerprint density at radius 1 is 1.08 bits per heavy atom. The molecule has 202 valence electrons. The molecule has 1 fully saturated rings. The van der Waals surface area contributed by atoms with Gasteiger partial charge in [0.1, 0.15) is 5.01 Å². The quantitative estimate of drug-likeness (QED) is 0.154. The molecule has 0 saturated carbocycles. The van der Waals surface area contributed by atoms with Gasteiger partial charge in [-0.3, -0.25) is 14.8 Å². The number of carbonyl (C=O) groups excluding carboxylic acids is 2. The Morgan fingerprint density at radius 2 is 1.87 bits per heavy atom. The summed E-state index contributed by atoms with van der Waals surface area (Å²) in [5, 5.41) is 30.0. The van der Waals surface area contributed by atoms with E-state index in [4.69, 9.17) is 14.7 Å². The molecule has 1 saturated heterocycles. The number of ether oxygens (including phenoxy) is 2. The van der Waals surface area contributed by atoms with Crippen LogP contribution in [0.2, 0.25) is 0 Å². The van der Waals surface area contributed by atoms with Gasteiger partial charge in [-0.1, -0.05) is 59.5 Å². The van der Waals surface area contributed by atoms with Gasteiger partial charge in [-0.05, 0) is 36.6 Å². The zero-order valence-corrected chi connectivity index (χ0v) is 22.5. The molecule has 2 heterocycles. The molecule has 1 aliphatic heterocycles. The number of carbonyl (C=O) groups is 2. The van der Waals surface area contributed by atoms with E-state index in [2.05, 4.69) is 15.5 Å². The first-order valence-electron chi connectivity index (χ1n) is 12.2. The highest BCUT2D eigenvalue weighted by atomic mass is 32.2. The smallest absolute Gasteiger partial charge is 0.243 e. The number of nitrogens with zero attached hydrogens (tertiary/aromatic N) is 2. The summed E-state index contributed by atoms with van der Waals surface area (Å²) < 4.78 is 13.6. The highest BCUT2D eigenvalue weighted by Gasteiger charge is 2.32. The number of aromatic nitrogens is 2. The summed E-state index contributed by atoms with van der Waals surface area (Å²) in [6.45, 7) is 1.90. The third-order valence-electron chi connectivity index (χ3n) is 5.89. The number of nitrogens with one attached hydrogen (secondary N) is 2. The topological polar surface area (TPSA) is 143 Å². The first-order chi connectivity index (χ1) is 18.4. The standard InChI is InChI=1S/C26H30N4O6S2/c1-16-28-29-26(38-16)37-15-21-13-22(18-10-8-17(14-31)9-11-18)36-25(35-21)19-4-2-5-20(12-19)27-23(32)6-3-7-24(33)30-34/h2,4-5,8-12,21-22,25,31,34H,3,6-7,13-15H2,1H3,(H,27,32)(H,30,33)/t21-,22+,25+/m0/s1. The van der Waals surface area contributed by atoms with Crippen molar-refractivity contribution in [1.82, 2.24) is 15.7 Å². The van der Waals surface area contributed by atoms with Gasteiger partial charge in [0.05, 0.1) is 18.8 Å². The molecule has 38 heavy (non-hydrogen) atoms. The minimum Gasteiger partial charge on any atom is -0.392 e. The van der Waals surface area contributed by atoms with Gasteiger partial charge in [-0.15, -0.1) is 10.2 Å². The van der Waals surface area contributed by atoms with Crippen LogP contribution in [0.25, 0.3) is 0 Å². The van der Waals surface area contributed by atoms with Gasteiger partial charge in [0, 0.05) is 36.3 Å².